The number of nitrogens with zero attached hydrogens (tertiary/aromatic N) is 2. The van der Waals surface area contributed by atoms with Gasteiger partial charge in [0.25, 0.3) is 0 Å². The zero-order valence-electron chi connectivity index (χ0n) is 24.5. The van der Waals surface area contributed by atoms with E-state index in [0.717, 1.165) is 45.3 Å². The topological polar surface area (TPSA) is 6.48 Å². The van der Waals surface area contributed by atoms with Crippen LogP contribution >= 0.6 is 0 Å². The van der Waals surface area contributed by atoms with Gasteiger partial charge in [-0.1, -0.05) is 122 Å². The van der Waals surface area contributed by atoms with Crippen molar-refractivity contribution in [1.82, 2.24) is 0 Å². The molecular weight excluding hydrogens is 532 g/mol. The SMILES string of the molecule is C=Cc1cccc(N(c2ccc(N(c3cccc(C=C)c3)c3cccc4ccccc34)cc2)c2cccc3ccccc23)c1. The van der Waals surface area contributed by atoms with E-state index in [9.17, 15) is 0 Å². The summed E-state index contributed by atoms with van der Waals surface area (Å²) in [5, 5.41) is 4.80. The van der Waals surface area contributed by atoms with Crippen LogP contribution in [0.1, 0.15) is 11.1 Å². The van der Waals surface area contributed by atoms with Crippen molar-refractivity contribution in [3.05, 3.63) is 182 Å². The predicted molar refractivity (Wildman–Crippen MR) is 191 cm³/mol. The Morgan fingerprint density at radius 2 is 0.750 bits per heavy atom. The van der Waals surface area contributed by atoms with Crippen LogP contribution in [-0.2, 0) is 0 Å². The van der Waals surface area contributed by atoms with Crippen molar-refractivity contribution in [2.24, 2.45) is 0 Å². The fourth-order valence-electron chi connectivity index (χ4n) is 5.99. The molecule has 0 amide bonds. The molecule has 0 heterocycles. The van der Waals surface area contributed by atoms with E-state index in [1.807, 2.05) is 12.2 Å². The van der Waals surface area contributed by atoms with E-state index in [1.165, 1.54) is 21.5 Å². The van der Waals surface area contributed by atoms with Crippen LogP contribution in [0.3, 0.4) is 0 Å². The summed E-state index contributed by atoms with van der Waals surface area (Å²) in [4.78, 5) is 4.67. The van der Waals surface area contributed by atoms with Crippen LogP contribution in [0, 0.1) is 0 Å². The molecule has 0 saturated heterocycles. The maximum absolute atomic E-state index is 4.02. The Kier molecular flexibility index (Phi) is 7.24. The summed E-state index contributed by atoms with van der Waals surface area (Å²) in [6.45, 7) is 8.04. The van der Waals surface area contributed by atoms with Gasteiger partial charge < -0.3 is 9.80 Å². The number of hydrogen-bond donors (Lipinski definition) is 0. The highest BCUT2D eigenvalue weighted by Gasteiger charge is 2.19. The third-order valence-electron chi connectivity index (χ3n) is 8.11. The van der Waals surface area contributed by atoms with Gasteiger partial charge in [0.2, 0.25) is 0 Å². The van der Waals surface area contributed by atoms with Gasteiger partial charge in [-0.15, -0.1) is 0 Å². The molecule has 2 nitrogen and oxygen atoms in total. The van der Waals surface area contributed by atoms with Crippen LogP contribution in [0.25, 0.3) is 33.7 Å². The first-order chi connectivity index (χ1) is 21.7. The van der Waals surface area contributed by atoms with E-state index in [-0.39, 0.29) is 0 Å². The van der Waals surface area contributed by atoms with Crippen molar-refractivity contribution >= 4 is 67.8 Å². The Bertz CT molecular complexity index is 1960. The first-order valence-electron chi connectivity index (χ1n) is 14.8. The van der Waals surface area contributed by atoms with E-state index >= 15 is 0 Å². The molecular formula is C42H32N2. The second kappa shape index (κ2) is 11.8. The van der Waals surface area contributed by atoms with Crippen LogP contribution in [0.2, 0.25) is 0 Å². The lowest BCUT2D eigenvalue weighted by Crippen LogP contribution is -2.13. The lowest BCUT2D eigenvalue weighted by Gasteiger charge is -2.30. The Labute approximate surface area is 259 Å². The van der Waals surface area contributed by atoms with Gasteiger partial charge in [0.15, 0.2) is 0 Å². The fourth-order valence-corrected chi connectivity index (χ4v) is 5.99. The highest BCUT2D eigenvalue weighted by atomic mass is 15.2. The molecule has 7 aromatic rings. The van der Waals surface area contributed by atoms with E-state index < -0.39 is 0 Å². The number of benzene rings is 7. The minimum absolute atomic E-state index is 1.07. The molecule has 210 valence electrons. The summed E-state index contributed by atoms with van der Waals surface area (Å²) in [6.07, 6.45) is 3.79. The largest absolute Gasteiger partial charge is 0.310 e. The van der Waals surface area contributed by atoms with Gasteiger partial charge in [-0.2, -0.15) is 0 Å². The Morgan fingerprint density at radius 1 is 0.364 bits per heavy atom. The molecule has 0 fully saturated rings. The first-order valence-corrected chi connectivity index (χ1v) is 14.8. The Balaban J connectivity index is 1.40. The van der Waals surface area contributed by atoms with Gasteiger partial charge in [-0.25, -0.2) is 0 Å². The van der Waals surface area contributed by atoms with Crippen molar-refractivity contribution in [2.45, 2.75) is 0 Å². The van der Waals surface area contributed by atoms with Gasteiger partial charge in [0.1, 0.15) is 0 Å². The molecule has 0 aliphatic heterocycles. The highest BCUT2D eigenvalue weighted by Crippen LogP contribution is 2.43. The molecule has 0 aliphatic carbocycles. The Hall–Kier alpha value is -5.86. The summed E-state index contributed by atoms with van der Waals surface area (Å²) in [7, 11) is 0. The molecule has 0 aliphatic rings. The summed E-state index contributed by atoms with van der Waals surface area (Å²) >= 11 is 0. The lowest BCUT2D eigenvalue weighted by atomic mass is 10.0. The van der Waals surface area contributed by atoms with E-state index in [2.05, 4.69) is 181 Å². The Morgan fingerprint density at radius 3 is 1.18 bits per heavy atom. The molecule has 7 aromatic carbocycles. The molecule has 0 unspecified atom stereocenters. The zero-order chi connectivity index (χ0) is 29.9. The zero-order valence-corrected chi connectivity index (χ0v) is 24.5. The van der Waals surface area contributed by atoms with Gasteiger partial charge in [0.05, 0.1) is 11.4 Å². The summed E-state index contributed by atoms with van der Waals surface area (Å²) < 4.78 is 0. The van der Waals surface area contributed by atoms with Crippen LogP contribution in [-0.4, -0.2) is 0 Å². The van der Waals surface area contributed by atoms with Crippen LogP contribution in [0.15, 0.2) is 171 Å². The minimum Gasteiger partial charge on any atom is -0.310 e. The normalized spacial score (nSPS) is 10.9. The monoisotopic (exact) mass is 564 g/mol. The summed E-state index contributed by atoms with van der Waals surface area (Å²) in [5.41, 5.74) is 8.71. The van der Waals surface area contributed by atoms with Crippen molar-refractivity contribution in [1.29, 1.82) is 0 Å². The quantitative estimate of drug-likeness (QED) is 0.181. The van der Waals surface area contributed by atoms with Crippen LogP contribution in [0.5, 0.6) is 0 Å². The lowest BCUT2D eigenvalue weighted by molar-refractivity contribution is 1.27. The molecule has 7 rings (SSSR count). The maximum Gasteiger partial charge on any atom is 0.0540 e. The smallest absolute Gasteiger partial charge is 0.0540 e. The molecule has 44 heavy (non-hydrogen) atoms. The summed E-state index contributed by atoms with van der Waals surface area (Å²) in [5.74, 6) is 0. The van der Waals surface area contributed by atoms with Crippen molar-refractivity contribution < 1.29 is 0 Å². The average molecular weight is 565 g/mol. The molecule has 0 aromatic heterocycles. The van der Waals surface area contributed by atoms with E-state index in [4.69, 9.17) is 0 Å². The third-order valence-corrected chi connectivity index (χ3v) is 8.11. The molecule has 0 spiro atoms. The van der Waals surface area contributed by atoms with Gasteiger partial charge in [-0.3, -0.25) is 0 Å². The second-order valence-electron chi connectivity index (χ2n) is 10.8. The highest BCUT2D eigenvalue weighted by molar-refractivity contribution is 6.01. The minimum atomic E-state index is 1.07. The first kappa shape index (κ1) is 27.0. The fraction of sp³-hybridized carbons (Fsp3) is 0. The van der Waals surface area contributed by atoms with E-state index in [0.29, 0.717) is 0 Å². The number of anilines is 6. The maximum atomic E-state index is 4.02. The number of hydrogen-bond acceptors (Lipinski definition) is 2. The van der Waals surface area contributed by atoms with Crippen molar-refractivity contribution in [3.63, 3.8) is 0 Å². The predicted octanol–water partition coefficient (Wildman–Crippen LogP) is 12.2. The summed E-state index contributed by atoms with van der Waals surface area (Å²) in [6, 6.07) is 56.0. The molecule has 2 heteroatoms. The van der Waals surface area contributed by atoms with Crippen LogP contribution in [0.4, 0.5) is 34.1 Å². The molecule has 0 N–H and O–H groups in total. The molecule has 0 atom stereocenters. The van der Waals surface area contributed by atoms with Gasteiger partial charge in [-0.05, 0) is 82.6 Å². The number of fused-ring (bicyclic) bond motifs is 2. The number of rotatable bonds is 8. The second-order valence-corrected chi connectivity index (χ2v) is 10.8. The van der Waals surface area contributed by atoms with Crippen molar-refractivity contribution in [2.75, 3.05) is 9.80 Å². The third kappa shape index (κ3) is 5.04. The molecule has 0 radical (unpaired) electrons. The molecule has 0 saturated carbocycles. The van der Waals surface area contributed by atoms with Crippen LogP contribution < -0.4 is 9.80 Å². The standard InChI is InChI=1S/C42H32N2/c1-3-31-13-9-19-37(29-31)43(41-23-11-17-33-15-5-7-21-39(33)41)35-25-27-36(28-26-35)44(38-20-10-14-32(4-2)30-38)42-24-12-18-34-16-6-8-22-40(34)42/h3-30H,1-2H2. The molecule has 0 bridgehead atoms. The average Bonchev–Trinajstić information content (AvgIpc) is 3.09. The van der Waals surface area contributed by atoms with Gasteiger partial charge in [0, 0.05) is 33.5 Å². The van der Waals surface area contributed by atoms with E-state index in [1.54, 1.807) is 0 Å². The van der Waals surface area contributed by atoms with Gasteiger partial charge >= 0.3 is 0 Å². The van der Waals surface area contributed by atoms with Crippen molar-refractivity contribution in [3.8, 4) is 0 Å².